The molecule has 4 nitrogen and oxygen atoms in total. The van der Waals surface area contributed by atoms with Crippen molar-refractivity contribution in [3.05, 3.63) is 15.6 Å². The molecule has 0 radical (unpaired) electrons. The summed E-state index contributed by atoms with van der Waals surface area (Å²) in [5.74, 6) is 0.430. The predicted molar refractivity (Wildman–Crippen MR) is 73.8 cm³/mol. The summed E-state index contributed by atoms with van der Waals surface area (Å²) in [5.41, 5.74) is 0.188. The van der Waals surface area contributed by atoms with Crippen molar-refractivity contribution in [2.24, 2.45) is 5.92 Å². The molecule has 0 saturated heterocycles. The van der Waals surface area contributed by atoms with Crippen molar-refractivity contribution in [2.75, 3.05) is 7.11 Å². The molecule has 1 fully saturated rings. The van der Waals surface area contributed by atoms with E-state index >= 15 is 0 Å². The molecule has 1 heterocycles. The van der Waals surface area contributed by atoms with Crippen molar-refractivity contribution < 1.29 is 14.3 Å². The fourth-order valence-corrected chi connectivity index (χ4v) is 3.74. The van der Waals surface area contributed by atoms with E-state index in [0.717, 1.165) is 17.8 Å². The number of carbonyl (C=O) groups is 2. The SMILES string of the molecule is COC(=O)c1nc(C2CCCC(C)C2)sc1C(C)=O. The summed E-state index contributed by atoms with van der Waals surface area (Å²) in [7, 11) is 1.31. The zero-order chi connectivity index (χ0) is 14.0. The van der Waals surface area contributed by atoms with E-state index in [-0.39, 0.29) is 11.5 Å². The summed E-state index contributed by atoms with van der Waals surface area (Å²) in [6.07, 6.45) is 4.63. The highest BCUT2D eigenvalue weighted by Crippen LogP contribution is 2.38. The van der Waals surface area contributed by atoms with Crippen molar-refractivity contribution in [1.82, 2.24) is 4.98 Å². The van der Waals surface area contributed by atoms with Gasteiger partial charge in [-0.3, -0.25) is 4.79 Å². The van der Waals surface area contributed by atoms with Crippen LogP contribution in [0, 0.1) is 5.92 Å². The lowest BCUT2D eigenvalue weighted by atomic mass is 9.83. The lowest BCUT2D eigenvalue weighted by Gasteiger charge is -2.24. The molecule has 0 amide bonds. The van der Waals surface area contributed by atoms with Gasteiger partial charge in [0.05, 0.1) is 12.1 Å². The first kappa shape index (κ1) is 14.2. The molecule has 1 aliphatic rings. The van der Waals surface area contributed by atoms with E-state index in [0.29, 0.717) is 16.7 Å². The molecule has 2 unspecified atom stereocenters. The molecule has 2 atom stereocenters. The molecule has 1 aromatic heterocycles. The number of hydrogen-bond donors (Lipinski definition) is 0. The smallest absolute Gasteiger partial charge is 0.358 e. The Morgan fingerprint density at radius 1 is 1.37 bits per heavy atom. The maximum atomic E-state index is 11.7. The number of methoxy groups -OCH3 is 1. The molecule has 1 aromatic rings. The summed E-state index contributed by atoms with van der Waals surface area (Å²) in [4.78, 5) is 28.1. The average molecular weight is 281 g/mol. The highest BCUT2D eigenvalue weighted by molar-refractivity contribution is 7.14. The summed E-state index contributed by atoms with van der Waals surface area (Å²) in [6.45, 7) is 3.71. The van der Waals surface area contributed by atoms with Crippen LogP contribution in [0.15, 0.2) is 0 Å². The lowest BCUT2D eigenvalue weighted by Crippen LogP contribution is -2.12. The first-order valence-corrected chi connectivity index (χ1v) is 7.44. The zero-order valence-electron chi connectivity index (χ0n) is 11.6. The molecular formula is C14H19NO3S. The van der Waals surface area contributed by atoms with E-state index in [4.69, 9.17) is 4.74 Å². The van der Waals surface area contributed by atoms with Crippen LogP contribution in [0.5, 0.6) is 0 Å². The number of rotatable bonds is 3. The highest BCUT2D eigenvalue weighted by atomic mass is 32.1. The van der Waals surface area contributed by atoms with Crippen LogP contribution in [-0.4, -0.2) is 23.8 Å². The molecule has 1 saturated carbocycles. The first-order valence-electron chi connectivity index (χ1n) is 6.63. The number of esters is 1. The fraction of sp³-hybridized carbons (Fsp3) is 0.643. The highest BCUT2D eigenvalue weighted by Gasteiger charge is 2.28. The molecule has 2 rings (SSSR count). The molecule has 0 spiro atoms. The van der Waals surface area contributed by atoms with Crippen molar-refractivity contribution >= 4 is 23.1 Å². The second-order valence-corrected chi connectivity index (χ2v) is 6.28. The molecule has 0 bridgehead atoms. The Bertz CT molecular complexity index is 495. The summed E-state index contributed by atoms with van der Waals surface area (Å²) < 4.78 is 4.70. The third-order valence-corrected chi connectivity index (χ3v) is 4.95. The maximum Gasteiger partial charge on any atom is 0.358 e. The molecule has 0 aliphatic heterocycles. The van der Waals surface area contributed by atoms with Crippen LogP contribution in [0.1, 0.15) is 70.6 Å². The summed E-state index contributed by atoms with van der Waals surface area (Å²) in [5, 5.41) is 0.914. The van der Waals surface area contributed by atoms with Gasteiger partial charge in [-0.1, -0.05) is 19.8 Å². The van der Waals surface area contributed by atoms with Gasteiger partial charge in [0.15, 0.2) is 11.5 Å². The number of aromatic nitrogens is 1. The van der Waals surface area contributed by atoms with Gasteiger partial charge in [0.2, 0.25) is 0 Å². The lowest BCUT2D eigenvalue weighted by molar-refractivity contribution is 0.0591. The predicted octanol–water partition coefficient (Wildman–Crippen LogP) is 3.43. The van der Waals surface area contributed by atoms with E-state index in [9.17, 15) is 9.59 Å². The topological polar surface area (TPSA) is 56.3 Å². The second kappa shape index (κ2) is 5.82. The second-order valence-electron chi connectivity index (χ2n) is 5.25. The van der Waals surface area contributed by atoms with Gasteiger partial charge in [-0.05, 0) is 18.8 Å². The van der Waals surface area contributed by atoms with Gasteiger partial charge >= 0.3 is 5.97 Å². The number of hydrogen-bond acceptors (Lipinski definition) is 5. The number of carbonyl (C=O) groups excluding carboxylic acids is 2. The van der Waals surface area contributed by atoms with Crippen LogP contribution < -0.4 is 0 Å². The van der Waals surface area contributed by atoms with Crippen molar-refractivity contribution in [2.45, 2.75) is 45.4 Å². The third kappa shape index (κ3) is 3.03. The minimum absolute atomic E-state index is 0.118. The van der Waals surface area contributed by atoms with E-state index in [1.807, 2.05) is 0 Å². The van der Waals surface area contributed by atoms with E-state index < -0.39 is 5.97 Å². The zero-order valence-corrected chi connectivity index (χ0v) is 12.4. The molecule has 19 heavy (non-hydrogen) atoms. The quantitative estimate of drug-likeness (QED) is 0.629. The summed E-state index contributed by atoms with van der Waals surface area (Å²) >= 11 is 1.36. The third-order valence-electron chi connectivity index (χ3n) is 3.63. The Kier molecular flexibility index (Phi) is 4.34. The van der Waals surface area contributed by atoms with Gasteiger partial charge in [-0.2, -0.15) is 0 Å². The molecule has 1 aliphatic carbocycles. The van der Waals surface area contributed by atoms with Gasteiger partial charge in [0, 0.05) is 12.8 Å². The number of nitrogens with zero attached hydrogens (tertiary/aromatic N) is 1. The van der Waals surface area contributed by atoms with Crippen molar-refractivity contribution in [1.29, 1.82) is 0 Å². The monoisotopic (exact) mass is 281 g/mol. The van der Waals surface area contributed by atoms with Gasteiger partial charge in [0.1, 0.15) is 4.88 Å². The minimum Gasteiger partial charge on any atom is -0.464 e. The molecule has 5 heteroatoms. The van der Waals surface area contributed by atoms with Gasteiger partial charge < -0.3 is 4.74 Å². The number of ketones is 1. The van der Waals surface area contributed by atoms with Crippen molar-refractivity contribution in [3.63, 3.8) is 0 Å². The van der Waals surface area contributed by atoms with Crippen LogP contribution in [0.3, 0.4) is 0 Å². The van der Waals surface area contributed by atoms with Gasteiger partial charge in [-0.25, -0.2) is 9.78 Å². The minimum atomic E-state index is -0.517. The first-order chi connectivity index (χ1) is 9.02. The van der Waals surface area contributed by atoms with Gasteiger partial charge in [0.25, 0.3) is 0 Å². The maximum absolute atomic E-state index is 11.7. The number of thiazole rings is 1. The van der Waals surface area contributed by atoms with Crippen LogP contribution in [0.25, 0.3) is 0 Å². The Morgan fingerprint density at radius 2 is 2.11 bits per heavy atom. The number of ether oxygens (including phenoxy) is 1. The average Bonchev–Trinajstić information content (AvgIpc) is 2.83. The van der Waals surface area contributed by atoms with Crippen molar-refractivity contribution in [3.8, 4) is 0 Å². The number of Topliss-reactive ketones (excluding diaryl/α,β-unsaturated/α-hetero) is 1. The van der Waals surface area contributed by atoms with E-state index in [1.54, 1.807) is 0 Å². The van der Waals surface area contributed by atoms with E-state index in [1.165, 1.54) is 38.2 Å². The Labute approximate surface area is 117 Å². The summed E-state index contributed by atoms with van der Waals surface area (Å²) in [6, 6.07) is 0. The molecule has 0 N–H and O–H groups in total. The van der Waals surface area contributed by atoms with Crippen LogP contribution in [-0.2, 0) is 4.74 Å². The van der Waals surface area contributed by atoms with Crippen LogP contribution in [0.4, 0.5) is 0 Å². The molecule has 104 valence electrons. The molecular weight excluding hydrogens is 262 g/mol. The normalized spacial score (nSPS) is 23.1. The van der Waals surface area contributed by atoms with Gasteiger partial charge in [-0.15, -0.1) is 11.3 Å². The fourth-order valence-electron chi connectivity index (χ4n) is 2.64. The Balaban J connectivity index is 2.31. The molecule has 0 aromatic carbocycles. The largest absolute Gasteiger partial charge is 0.464 e. The Hall–Kier alpha value is -1.23. The van der Waals surface area contributed by atoms with E-state index in [2.05, 4.69) is 11.9 Å². The van der Waals surface area contributed by atoms with Crippen LogP contribution >= 0.6 is 11.3 Å². The Morgan fingerprint density at radius 3 is 2.68 bits per heavy atom. The van der Waals surface area contributed by atoms with Crippen LogP contribution in [0.2, 0.25) is 0 Å². The standard InChI is InChI=1S/C14H19NO3S/c1-8-5-4-6-10(7-8)13-15-11(14(17)18-3)12(19-13)9(2)16/h8,10H,4-7H2,1-3H3.